The molecule has 1 saturated heterocycles. The molecule has 3 unspecified atom stereocenters. The van der Waals surface area contributed by atoms with Gasteiger partial charge in [-0.15, -0.1) is 0 Å². The average molecular weight is 226 g/mol. The van der Waals surface area contributed by atoms with E-state index < -0.39 is 0 Å². The molecule has 0 aromatic rings. The predicted molar refractivity (Wildman–Crippen MR) is 66.6 cm³/mol. The quantitative estimate of drug-likeness (QED) is 0.789. The maximum atomic E-state index is 5.49. The van der Waals surface area contributed by atoms with Crippen molar-refractivity contribution in [1.82, 2.24) is 10.2 Å². The highest BCUT2D eigenvalue weighted by Crippen LogP contribution is 2.29. The molecule has 1 heterocycles. The molecule has 2 aliphatic rings. The first-order valence-corrected chi connectivity index (χ1v) is 6.71. The maximum Gasteiger partial charge on any atom is 0.0586 e. The fourth-order valence-electron chi connectivity index (χ4n) is 3.25. The van der Waals surface area contributed by atoms with E-state index in [0.717, 1.165) is 25.0 Å². The zero-order chi connectivity index (χ0) is 11.5. The molecule has 3 atom stereocenters. The summed E-state index contributed by atoms with van der Waals surface area (Å²) in [7, 11) is 1.85. The van der Waals surface area contributed by atoms with Gasteiger partial charge in [0.25, 0.3) is 0 Å². The van der Waals surface area contributed by atoms with Crippen molar-refractivity contribution in [3.05, 3.63) is 0 Å². The van der Waals surface area contributed by atoms with Crippen LogP contribution in [0.3, 0.4) is 0 Å². The van der Waals surface area contributed by atoms with E-state index in [9.17, 15) is 0 Å². The summed E-state index contributed by atoms with van der Waals surface area (Å²) in [5.74, 6) is 0.745. The molecule has 1 saturated carbocycles. The van der Waals surface area contributed by atoms with Crippen LogP contribution in [-0.4, -0.2) is 49.8 Å². The van der Waals surface area contributed by atoms with E-state index in [1.165, 1.54) is 25.8 Å². The van der Waals surface area contributed by atoms with Crippen molar-refractivity contribution in [1.29, 1.82) is 0 Å². The molecular weight excluding hydrogens is 200 g/mol. The van der Waals surface area contributed by atoms with E-state index in [4.69, 9.17) is 4.74 Å². The topological polar surface area (TPSA) is 24.5 Å². The van der Waals surface area contributed by atoms with Crippen LogP contribution >= 0.6 is 0 Å². The van der Waals surface area contributed by atoms with Gasteiger partial charge in [0.1, 0.15) is 0 Å². The fourth-order valence-corrected chi connectivity index (χ4v) is 3.25. The zero-order valence-corrected chi connectivity index (χ0v) is 10.9. The molecule has 2 rings (SSSR count). The molecule has 94 valence electrons. The van der Waals surface area contributed by atoms with Gasteiger partial charge in [-0.05, 0) is 25.2 Å². The van der Waals surface area contributed by atoms with Crippen molar-refractivity contribution in [3.8, 4) is 0 Å². The summed E-state index contributed by atoms with van der Waals surface area (Å²) in [6.45, 7) is 8.20. The minimum absolute atomic E-state index is 0.507. The lowest BCUT2D eigenvalue weighted by molar-refractivity contribution is 0.0600. The first-order valence-electron chi connectivity index (χ1n) is 6.71. The molecule has 3 heteroatoms. The third-order valence-corrected chi connectivity index (χ3v) is 4.25. The largest absolute Gasteiger partial charge is 0.381 e. The van der Waals surface area contributed by atoms with Gasteiger partial charge in [0, 0.05) is 38.8 Å². The SMILES string of the molecule is COC1CCC(N2CCNCC2C(C)C)C1. The lowest BCUT2D eigenvalue weighted by Crippen LogP contribution is -2.56. The summed E-state index contributed by atoms with van der Waals surface area (Å²) in [5.41, 5.74) is 0. The number of hydrogen-bond acceptors (Lipinski definition) is 3. The number of methoxy groups -OCH3 is 1. The predicted octanol–water partition coefficient (Wildman–Crippen LogP) is 1.48. The normalized spacial score (nSPS) is 37.1. The number of hydrogen-bond donors (Lipinski definition) is 1. The van der Waals surface area contributed by atoms with Gasteiger partial charge in [0.05, 0.1) is 6.10 Å². The van der Waals surface area contributed by atoms with Crippen LogP contribution in [0.15, 0.2) is 0 Å². The summed E-state index contributed by atoms with van der Waals surface area (Å²) in [5, 5.41) is 3.52. The summed E-state index contributed by atoms with van der Waals surface area (Å²) >= 11 is 0. The Hall–Kier alpha value is -0.120. The molecule has 2 fully saturated rings. The van der Waals surface area contributed by atoms with E-state index in [2.05, 4.69) is 24.1 Å². The van der Waals surface area contributed by atoms with Gasteiger partial charge >= 0.3 is 0 Å². The fraction of sp³-hybridized carbons (Fsp3) is 1.00. The highest BCUT2D eigenvalue weighted by atomic mass is 16.5. The number of ether oxygens (including phenoxy) is 1. The van der Waals surface area contributed by atoms with Crippen LogP contribution in [0, 0.1) is 5.92 Å². The second-order valence-corrected chi connectivity index (χ2v) is 5.58. The smallest absolute Gasteiger partial charge is 0.0586 e. The summed E-state index contributed by atoms with van der Waals surface area (Å²) in [6.07, 6.45) is 4.31. The zero-order valence-electron chi connectivity index (χ0n) is 10.9. The average Bonchev–Trinajstić information content (AvgIpc) is 2.77. The molecule has 0 radical (unpaired) electrons. The molecule has 1 aliphatic heterocycles. The van der Waals surface area contributed by atoms with Gasteiger partial charge in [0.2, 0.25) is 0 Å². The lowest BCUT2D eigenvalue weighted by atomic mass is 9.98. The van der Waals surface area contributed by atoms with Crippen LogP contribution in [0.4, 0.5) is 0 Å². The second-order valence-electron chi connectivity index (χ2n) is 5.58. The van der Waals surface area contributed by atoms with Crippen LogP contribution in [0.5, 0.6) is 0 Å². The minimum Gasteiger partial charge on any atom is -0.381 e. The maximum absolute atomic E-state index is 5.49. The van der Waals surface area contributed by atoms with Gasteiger partial charge < -0.3 is 10.1 Å². The van der Waals surface area contributed by atoms with Crippen LogP contribution in [0.25, 0.3) is 0 Å². The van der Waals surface area contributed by atoms with Crippen molar-refractivity contribution >= 4 is 0 Å². The van der Waals surface area contributed by atoms with Crippen molar-refractivity contribution in [2.24, 2.45) is 5.92 Å². The summed E-state index contributed by atoms with van der Waals surface area (Å²) in [4.78, 5) is 2.74. The molecule has 3 nitrogen and oxygen atoms in total. The molecule has 0 aromatic heterocycles. The number of nitrogens with one attached hydrogen (secondary N) is 1. The van der Waals surface area contributed by atoms with Crippen LogP contribution in [0.2, 0.25) is 0 Å². The van der Waals surface area contributed by atoms with E-state index >= 15 is 0 Å². The molecule has 0 bridgehead atoms. The molecule has 0 amide bonds. The van der Waals surface area contributed by atoms with Crippen molar-refractivity contribution in [2.45, 2.75) is 51.3 Å². The van der Waals surface area contributed by atoms with Gasteiger partial charge in [-0.25, -0.2) is 0 Å². The van der Waals surface area contributed by atoms with Crippen molar-refractivity contribution in [3.63, 3.8) is 0 Å². The van der Waals surface area contributed by atoms with Crippen molar-refractivity contribution in [2.75, 3.05) is 26.7 Å². The highest BCUT2D eigenvalue weighted by molar-refractivity contribution is 4.91. The molecule has 0 spiro atoms. The molecule has 1 aliphatic carbocycles. The Labute approximate surface area is 99.5 Å². The Bertz CT molecular complexity index is 220. The molecule has 0 aromatic carbocycles. The van der Waals surface area contributed by atoms with Gasteiger partial charge in [-0.3, -0.25) is 4.90 Å². The van der Waals surface area contributed by atoms with E-state index in [-0.39, 0.29) is 0 Å². The number of nitrogens with zero attached hydrogens (tertiary/aromatic N) is 1. The van der Waals surface area contributed by atoms with Gasteiger partial charge in [-0.1, -0.05) is 13.8 Å². The third kappa shape index (κ3) is 2.58. The Morgan fingerprint density at radius 1 is 1.31 bits per heavy atom. The first-order chi connectivity index (χ1) is 7.72. The Balaban J connectivity index is 1.95. The monoisotopic (exact) mass is 226 g/mol. The Kier molecular flexibility index (Phi) is 4.22. The van der Waals surface area contributed by atoms with Crippen LogP contribution in [0.1, 0.15) is 33.1 Å². The lowest BCUT2D eigenvalue weighted by Gasteiger charge is -2.42. The van der Waals surface area contributed by atoms with E-state index in [1.807, 2.05) is 7.11 Å². The van der Waals surface area contributed by atoms with Gasteiger partial charge in [0.15, 0.2) is 0 Å². The summed E-state index contributed by atoms with van der Waals surface area (Å²) < 4.78 is 5.49. The summed E-state index contributed by atoms with van der Waals surface area (Å²) in [6, 6.07) is 1.48. The van der Waals surface area contributed by atoms with Gasteiger partial charge in [-0.2, -0.15) is 0 Å². The Morgan fingerprint density at radius 2 is 2.12 bits per heavy atom. The highest BCUT2D eigenvalue weighted by Gasteiger charge is 2.35. The van der Waals surface area contributed by atoms with Crippen molar-refractivity contribution < 1.29 is 4.74 Å². The van der Waals surface area contributed by atoms with E-state index in [1.54, 1.807) is 0 Å². The van der Waals surface area contributed by atoms with E-state index in [0.29, 0.717) is 12.1 Å². The van der Waals surface area contributed by atoms with Crippen LogP contribution < -0.4 is 5.32 Å². The number of piperazine rings is 1. The Morgan fingerprint density at radius 3 is 2.75 bits per heavy atom. The third-order valence-electron chi connectivity index (χ3n) is 4.25. The first kappa shape index (κ1) is 12.3. The second kappa shape index (κ2) is 5.48. The molecular formula is C13H26N2O. The minimum atomic E-state index is 0.507. The standard InChI is InChI=1S/C13H26N2O/c1-10(2)13-9-14-6-7-15(13)11-4-5-12(8-11)16-3/h10-14H,4-9H2,1-3H3. The van der Waals surface area contributed by atoms with Crippen LogP contribution in [-0.2, 0) is 4.74 Å². The molecule has 16 heavy (non-hydrogen) atoms. The number of rotatable bonds is 3. The molecule has 1 N–H and O–H groups in total.